The van der Waals surface area contributed by atoms with Crippen LogP contribution in [-0.4, -0.2) is 24.0 Å². The van der Waals surface area contributed by atoms with E-state index in [1.165, 1.54) is 4.70 Å². The van der Waals surface area contributed by atoms with Crippen molar-refractivity contribution < 1.29 is 4.79 Å². The van der Waals surface area contributed by atoms with Gasteiger partial charge in [0.2, 0.25) is 5.91 Å². The van der Waals surface area contributed by atoms with Crippen LogP contribution in [0.4, 0.5) is 0 Å². The lowest BCUT2D eigenvalue weighted by atomic mass is 9.99. The van der Waals surface area contributed by atoms with Gasteiger partial charge in [0.15, 0.2) is 0 Å². The van der Waals surface area contributed by atoms with Gasteiger partial charge in [-0.2, -0.15) is 0 Å². The van der Waals surface area contributed by atoms with E-state index in [9.17, 15) is 4.79 Å². The number of piperidine rings is 1. The summed E-state index contributed by atoms with van der Waals surface area (Å²) in [6.45, 7) is 2.36. The number of aromatic nitrogens is 1. The van der Waals surface area contributed by atoms with E-state index in [1.807, 2.05) is 18.2 Å². The molecule has 1 saturated heterocycles. The van der Waals surface area contributed by atoms with E-state index in [1.54, 1.807) is 11.3 Å². The predicted molar refractivity (Wildman–Crippen MR) is 84.3 cm³/mol. The van der Waals surface area contributed by atoms with Gasteiger partial charge in [0.05, 0.1) is 22.7 Å². The predicted octanol–water partition coefficient (Wildman–Crippen LogP) is 2.33. The molecule has 0 unspecified atom stereocenters. The van der Waals surface area contributed by atoms with E-state index in [0.717, 1.165) is 36.5 Å². The second-order valence-corrected chi connectivity index (χ2v) is 5.95. The number of benzene rings is 1. The third-order valence-electron chi connectivity index (χ3n) is 3.42. The van der Waals surface area contributed by atoms with Crippen molar-refractivity contribution in [3.8, 4) is 0 Å². The van der Waals surface area contributed by atoms with Gasteiger partial charge in [-0.1, -0.05) is 12.1 Å². The van der Waals surface area contributed by atoms with Gasteiger partial charge in [-0.3, -0.25) is 4.79 Å². The molecule has 1 aliphatic heterocycles. The Kier molecular flexibility index (Phi) is 5.34. The SMILES string of the molecule is Cl.O=C(NCc1nc2ccccc2s1)[C@@H]1CCCNC1. The molecule has 0 radical (unpaired) electrons. The highest BCUT2D eigenvalue weighted by Gasteiger charge is 2.20. The molecule has 108 valence electrons. The van der Waals surface area contributed by atoms with Gasteiger partial charge < -0.3 is 10.6 Å². The monoisotopic (exact) mass is 311 g/mol. The van der Waals surface area contributed by atoms with Gasteiger partial charge in [-0.05, 0) is 31.5 Å². The third-order valence-corrected chi connectivity index (χ3v) is 4.46. The van der Waals surface area contributed by atoms with Crippen molar-refractivity contribution in [1.82, 2.24) is 15.6 Å². The molecule has 1 aromatic heterocycles. The molecule has 0 saturated carbocycles. The van der Waals surface area contributed by atoms with Crippen LogP contribution >= 0.6 is 23.7 Å². The number of rotatable bonds is 3. The third kappa shape index (κ3) is 3.48. The van der Waals surface area contributed by atoms with Crippen LogP contribution in [0.25, 0.3) is 10.2 Å². The minimum Gasteiger partial charge on any atom is -0.349 e. The molecule has 3 rings (SSSR count). The molecule has 2 heterocycles. The number of hydrogen-bond donors (Lipinski definition) is 2. The maximum absolute atomic E-state index is 12.0. The topological polar surface area (TPSA) is 54.0 Å². The van der Waals surface area contributed by atoms with E-state index in [-0.39, 0.29) is 24.2 Å². The molecule has 2 aromatic rings. The number of nitrogens with zero attached hydrogens (tertiary/aromatic N) is 1. The Bertz CT molecular complexity index is 548. The molecule has 2 N–H and O–H groups in total. The van der Waals surface area contributed by atoms with Crippen molar-refractivity contribution in [1.29, 1.82) is 0 Å². The van der Waals surface area contributed by atoms with Crippen LogP contribution in [-0.2, 0) is 11.3 Å². The van der Waals surface area contributed by atoms with Gasteiger partial charge in [0, 0.05) is 6.54 Å². The first-order chi connectivity index (χ1) is 9.33. The lowest BCUT2D eigenvalue weighted by Crippen LogP contribution is -2.40. The number of carbonyl (C=O) groups is 1. The second kappa shape index (κ2) is 7.02. The standard InChI is InChI=1S/C14H17N3OS.ClH/c18-14(10-4-3-7-15-8-10)16-9-13-17-11-5-1-2-6-12(11)19-13;/h1-2,5-6,10,15H,3-4,7-9H2,(H,16,18);1H/t10-;/m1./s1. The summed E-state index contributed by atoms with van der Waals surface area (Å²) < 4.78 is 1.17. The Morgan fingerprint density at radius 2 is 2.30 bits per heavy atom. The second-order valence-electron chi connectivity index (χ2n) is 4.84. The number of hydrogen-bond acceptors (Lipinski definition) is 4. The summed E-state index contributed by atoms with van der Waals surface area (Å²) in [7, 11) is 0. The zero-order chi connectivity index (χ0) is 13.1. The molecule has 0 bridgehead atoms. The Hall–Kier alpha value is -1.17. The van der Waals surface area contributed by atoms with Crippen molar-refractivity contribution in [2.75, 3.05) is 13.1 Å². The van der Waals surface area contributed by atoms with Crippen molar-refractivity contribution >= 4 is 39.9 Å². The lowest BCUT2D eigenvalue weighted by molar-refractivity contribution is -0.125. The molecular formula is C14H18ClN3OS. The number of amides is 1. The van der Waals surface area contributed by atoms with E-state index >= 15 is 0 Å². The first-order valence-electron chi connectivity index (χ1n) is 6.66. The van der Waals surface area contributed by atoms with Gasteiger partial charge in [0.25, 0.3) is 0 Å². The van der Waals surface area contributed by atoms with Gasteiger partial charge in [-0.25, -0.2) is 4.98 Å². The van der Waals surface area contributed by atoms with Crippen LogP contribution in [0, 0.1) is 5.92 Å². The molecule has 0 spiro atoms. The normalized spacial score (nSPS) is 18.5. The Morgan fingerprint density at radius 3 is 3.05 bits per heavy atom. The van der Waals surface area contributed by atoms with Crippen LogP contribution in [0.5, 0.6) is 0 Å². The highest BCUT2D eigenvalue weighted by molar-refractivity contribution is 7.18. The first-order valence-corrected chi connectivity index (χ1v) is 7.47. The summed E-state index contributed by atoms with van der Waals surface area (Å²) in [5.41, 5.74) is 1.01. The number of thiazole rings is 1. The Balaban J connectivity index is 0.00000147. The van der Waals surface area contributed by atoms with E-state index in [4.69, 9.17) is 0 Å². The molecule has 0 aliphatic carbocycles. The van der Waals surface area contributed by atoms with Gasteiger partial charge in [0.1, 0.15) is 5.01 Å². The largest absolute Gasteiger partial charge is 0.349 e. The summed E-state index contributed by atoms with van der Waals surface area (Å²) >= 11 is 1.64. The average Bonchev–Trinajstić information content (AvgIpc) is 2.88. The van der Waals surface area contributed by atoms with Gasteiger partial charge in [-0.15, -0.1) is 23.7 Å². The van der Waals surface area contributed by atoms with Crippen molar-refractivity contribution in [2.45, 2.75) is 19.4 Å². The number of fused-ring (bicyclic) bond motifs is 1. The summed E-state index contributed by atoms with van der Waals surface area (Å²) in [5.74, 6) is 0.259. The molecule has 1 aliphatic rings. The fourth-order valence-electron chi connectivity index (χ4n) is 2.38. The number of carbonyl (C=O) groups excluding carboxylic acids is 1. The smallest absolute Gasteiger partial charge is 0.224 e. The zero-order valence-electron chi connectivity index (χ0n) is 11.1. The molecule has 20 heavy (non-hydrogen) atoms. The molecule has 6 heteroatoms. The maximum atomic E-state index is 12.0. The van der Waals surface area contributed by atoms with Gasteiger partial charge >= 0.3 is 0 Å². The number of nitrogens with one attached hydrogen (secondary N) is 2. The fourth-order valence-corrected chi connectivity index (χ4v) is 3.29. The molecule has 1 fully saturated rings. The van der Waals surface area contributed by atoms with Crippen LogP contribution in [0.1, 0.15) is 17.8 Å². The minimum absolute atomic E-state index is 0. The number of halogens is 1. The number of para-hydroxylation sites is 1. The fraction of sp³-hybridized carbons (Fsp3) is 0.429. The molecule has 4 nitrogen and oxygen atoms in total. The van der Waals surface area contributed by atoms with E-state index in [0.29, 0.717) is 6.54 Å². The quantitative estimate of drug-likeness (QED) is 0.915. The molecule has 1 atom stereocenters. The summed E-state index contributed by atoms with van der Waals surface area (Å²) in [4.78, 5) is 16.5. The highest BCUT2D eigenvalue weighted by atomic mass is 35.5. The molecule has 1 aromatic carbocycles. The van der Waals surface area contributed by atoms with Crippen LogP contribution in [0.3, 0.4) is 0 Å². The summed E-state index contributed by atoms with van der Waals surface area (Å²) in [5, 5.41) is 7.23. The lowest BCUT2D eigenvalue weighted by Gasteiger charge is -2.21. The van der Waals surface area contributed by atoms with Crippen molar-refractivity contribution in [3.05, 3.63) is 29.3 Å². The zero-order valence-corrected chi connectivity index (χ0v) is 12.7. The van der Waals surface area contributed by atoms with Crippen LogP contribution in [0.2, 0.25) is 0 Å². The molecule has 1 amide bonds. The van der Waals surface area contributed by atoms with Crippen LogP contribution < -0.4 is 10.6 Å². The van der Waals surface area contributed by atoms with Crippen LogP contribution in [0.15, 0.2) is 24.3 Å². The maximum Gasteiger partial charge on any atom is 0.224 e. The van der Waals surface area contributed by atoms with E-state index in [2.05, 4.69) is 21.7 Å². The summed E-state index contributed by atoms with van der Waals surface area (Å²) in [6.07, 6.45) is 2.07. The Labute approximate surface area is 128 Å². The first kappa shape index (κ1) is 15.2. The minimum atomic E-state index is 0. The van der Waals surface area contributed by atoms with E-state index < -0.39 is 0 Å². The highest BCUT2D eigenvalue weighted by Crippen LogP contribution is 2.21. The van der Waals surface area contributed by atoms with Crippen molar-refractivity contribution in [3.63, 3.8) is 0 Å². The van der Waals surface area contributed by atoms with Crippen molar-refractivity contribution in [2.24, 2.45) is 5.92 Å². The summed E-state index contributed by atoms with van der Waals surface area (Å²) in [6, 6.07) is 8.06. The molecular weight excluding hydrogens is 294 g/mol. The average molecular weight is 312 g/mol. The Morgan fingerprint density at radius 1 is 1.45 bits per heavy atom.